The van der Waals surface area contributed by atoms with Gasteiger partial charge in [0.05, 0.1) is 20.1 Å². The number of nitrogens with zero attached hydrogens (tertiary/aromatic N) is 2. The van der Waals surface area contributed by atoms with Crippen LogP contribution in [0.2, 0.25) is 0 Å². The Bertz CT molecular complexity index is 978. The van der Waals surface area contributed by atoms with Crippen LogP contribution in [0.1, 0.15) is 118 Å². The number of likely N-dealkylation sites (tertiary alicyclic amines) is 2. The molecule has 42 heavy (non-hydrogen) atoms. The van der Waals surface area contributed by atoms with Crippen molar-refractivity contribution < 1.29 is 40.5 Å². The summed E-state index contributed by atoms with van der Waals surface area (Å²) in [4.78, 5) is 27.5. The van der Waals surface area contributed by atoms with E-state index in [2.05, 4.69) is 25.8 Å². The standard InChI is InChI=1S/C35H59N2O4.BrH/c1-24(38)40-32-21-26-13-14-27-28(35(26,4)23-30(32)36-17-9-8-10-18-36)15-16-34(3)29(27)22-31(33(34)41-25(2)39)37(5)19-11-6-7-12-20-37;/h26-33H,6-23H2,1-5H3;1H/q+1;/p-1/t26-,27?,28?,29?,30-,31-,32-,33+,34-,35-;/m0./s1. The van der Waals surface area contributed by atoms with E-state index in [-0.39, 0.29) is 46.5 Å². The van der Waals surface area contributed by atoms with Crippen LogP contribution in [0.15, 0.2) is 0 Å². The number of hydrogen-bond donors (Lipinski definition) is 0. The summed E-state index contributed by atoms with van der Waals surface area (Å²) in [7, 11) is 2.49. The molecule has 2 heterocycles. The highest BCUT2D eigenvalue weighted by atomic mass is 79.9. The van der Waals surface area contributed by atoms with Gasteiger partial charge in [0.25, 0.3) is 0 Å². The summed E-state index contributed by atoms with van der Waals surface area (Å²) >= 11 is 0. The van der Waals surface area contributed by atoms with Gasteiger partial charge in [0, 0.05) is 31.7 Å². The second kappa shape index (κ2) is 12.6. The van der Waals surface area contributed by atoms with Gasteiger partial charge in [-0.2, -0.15) is 0 Å². The fourth-order valence-corrected chi connectivity index (χ4v) is 11.9. The van der Waals surface area contributed by atoms with Gasteiger partial charge in [-0.25, -0.2) is 0 Å². The molecule has 7 heteroatoms. The number of halogens is 1. The van der Waals surface area contributed by atoms with Crippen LogP contribution in [0.4, 0.5) is 0 Å². The van der Waals surface area contributed by atoms with Crippen molar-refractivity contribution in [3.63, 3.8) is 0 Å². The van der Waals surface area contributed by atoms with Crippen molar-refractivity contribution >= 4 is 11.9 Å². The molecule has 0 N–H and O–H groups in total. The molecule has 0 aromatic carbocycles. The summed E-state index contributed by atoms with van der Waals surface area (Å²) in [5.74, 6) is 2.50. The maximum Gasteiger partial charge on any atom is 0.303 e. The molecule has 6 nitrogen and oxygen atoms in total. The van der Waals surface area contributed by atoms with Crippen LogP contribution in [0.3, 0.4) is 0 Å². The maximum atomic E-state index is 12.6. The topological polar surface area (TPSA) is 55.8 Å². The molecule has 10 atom stereocenters. The first-order valence-electron chi connectivity index (χ1n) is 17.5. The number of carbonyl (C=O) groups excluding carboxylic acids is 2. The highest BCUT2D eigenvalue weighted by Gasteiger charge is 2.67. The largest absolute Gasteiger partial charge is 1.00 e. The van der Waals surface area contributed by atoms with E-state index in [1.807, 2.05) is 0 Å². The number of ether oxygens (including phenoxy) is 2. The Balaban J connectivity index is 0.00000353. The van der Waals surface area contributed by atoms with Crippen molar-refractivity contribution in [1.82, 2.24) is 4.90 Å². The lowest BCUT2D eigenvalue weighted by atomic mass is 9.44. The van der Waals surface area contributed by atoms with Crippen LogP contribution in [-0.4, -0.2) is 78.8 Å². The lowest BCUT2D eigenvalue weighted by molar-refractivity contribution is -0.935. The lowest BCUT2D eigenvalue weighted by Gasteiger charge is -2.62. The average Bonchev–Trinajstić information content (AvgIpc) is 3.06. The van der Waals surface area contributed by atoms with Crippen LogP contribution < -0.4 is 17.0 Å². The number of carbonyl (C=O) groups is 2. The smallest absolute Gasteiger partial charge is 0.303 e. The lowest BCUT2D eigenvalue weighted by Crippen LogP contribution is -3.00. The number of likely N-dealkylation sites (N-methyl/N-ethyl adjacent to an activating group) is 1. The fourth-order valence-electron chi connectivity index (χ4n) is 11.9. The van der Waals surface area contributed by atoms with Gasteiger partial charge in [-0.15, -0.1) is 0 Å². The average molecular weight is 652 g/mol. The Morgan fingerprint density at radius 1 is 0.786 bits per heavy atom. The van der Waals surface area contributed by atoms with Crippen LogP contribution in [-0.2, 0) is 19.1 Å². The minimum Gasteiger partial charge on any atom is -1.00 e. The quantitative estimate of drug-likeness (QED) is 0.345. The summed E-state index contributed by atoms with van der Waals surface area (Å²) in [5, 5.41) is 0. The van der Waals surface area contributed by atoms with Crippen LogP contribution in [0.5, 0.6) is 0 Å². The van der Waals surface area contributed by atoms with E-state index >= 15 is 0 Å². The molecular formula is C35H59BrN2O4. The maximum absolute atomic E-state index is 12.6. The molecule has 0 bridgehead atoms. The van der Waals surface area contributed by atoms with Gasteiger partial charge in [-0.05, 0) is 119 Å². The van der Waals surface area contributed by atoms with E-state index in [0.717, 1.165) is 29.9 Å². The molecule has 6 rings (SSSR count). The molecule has 3 unspecified atom stereocenters. The van der Waals surface area contributed by atoms with Gasteiger partial charge in [0.2, 0.25) is 0 Å². The number of hydrogen-bond acceptors (Lipinski definition) is 5. The van der Waals surface area contributed by atoms with Crippen LogP contribution in [0, 0.1) is 34.5 Å². The molecule has 0 amide bonds. The highest BCUT2D eigenvalue weighted by molar-refractivity contribution is 5.66. The zero-order chi connectivity index (χ0) is 29.0. The van der Waals surface area contributed by atoms with E-state index < -0.39 is 0 Å². The number of rotatable bonds is 4. The minimum atomic E-state index is -0.110. The molecule has 0 spiro atoms. The number of piperidine rings is 1. The van der Waals surface area contributed by atoms with E-state index in [4.69, 9.17) is 9.47 Å². The summed E-state index contributed by atoms with van der Waals surface area (Å²) < 4.78 is 13.6. The zero-order valence-electron chi connectivity index (χ0n) is 27.3. The predicted molar refractivity (Wildman–Crippen MR) is 161 cm³/mol. The molecule has 2 saturated heterocycles. The van der Waals surface area contributed by atoms with E-state index in [9.17, 15) is 9.59 Å². The Morgan fingerprint density at radius 3 is 2.07 bits per heavy atom. The summed E-state index contributed by atoms with van der Waals surface area (Å²) in [6.45, 7) is 13.1. The monoisotopic (exact) mass is 650 g/mol. The molecule has 0 radical (unpaired) electrons. The normalized spacial score (nSPS) is 45.3. The third kappa shape index (κ3) is 5.74. The van der Waals surface area contributed by atoms with Gasteiger partial charge in [0.15, 0.2) is 6.10 Å². The predicted octanol–water partition coefficient (Wildman–Crippen LogP) is 3.36. The molecule has 4 aliphatic carbocycles. The third-order valence-corrected chi connectivity index (χ3v) is 14.0. The molecule has 6 aliphatic rings. The number of esters is 2. The van der Waals surface area contributed by atoms with E-state index in [0.29, 0.717) is 35.3 Å². The number of fused-ring (bicyclic) bond motifs is 5. The van der Waals surface area contributed by atoms with Crippen molar-refractivity contribution in [3.8, 4) is 0 Å². The van der Waals surface area contributed by atoms with Crippen molar-refractivity contribution in [2.45, 2.75) is 142 Å². The molecular weight excluding hydrogens is 592 g/mol. The molecule has 4 saturated carbocycles. The number of quaternary nitrogens is 1. The first-order valence-corrected chi connectivity index (χ1v) is 17.5. The second-order valence-electron chi connectivity index (χ2n) is 16.1. The summed E-state index contributed by atoms with van der Waals surface area (Å²) in [6, 6.07) is 0.788. The second-order valence-corrected chi connectivity index (χ2v) is 16.1. The Kier molecular flexibility index (Phi) is 9.83. The molecule has 0 aromatic rings. The SMILES string of the molecule is CC(=O)O[C@H]1C[C@@H]2CCC3C4C[C@H]([N+]5(C)CCCCCC5)[C@@H](OC(C)=O)[C@@]4(C)CCC3[C@@]2(C)C[C@@H]1N1CCCCC1.[Br-]. The van der Waals surface area contributed by atoms with E-state index in [1.165, 1.54) is 96.6 Å². The fraction of sp³-hybridized carbons (Fsp3) is 0.943. The molecule has 6 fully saturated rings. The Morgan fingerprint density at radius 2 is 1.43 bits per heavy atom. The van der Waals surface area contributed by atoms with Gasteiger partial charge >= 0.3 is 11.9 Å². The molecule has 240 valence electrons. The molecule has 0 aromatic heterocycles. The minimum absolute atomic E-state index is 0. The van der Waals surface area contributed by atoms with Crippen molar-refractivity contribution in [1.29, 1.82) is 0 Å². The van der Waals surface area contributed by atoms with Crippen LogP contribution in [0.25, 0.3) is 0 Å². The van der Waals surface area contributed by atoms with Crippen molar-refractivity contribution in [2.75, 3.05) is 33.2 Å². The molecule has 2 aliphatic heterocycles. The van der Waals surface area contributed by atoms with Crippen molar-refractivity contribution in [3.05, 3.63) is 0 Å². The van der Waals surface area contributed by atoms with Crippen molar-refractivity contribution in [2.24, 2.45) is 34.5 Å². The van der Waals surface area contributed by atoms with Gasteiger partial charge in [-0.3, -0.25) is 14.5 Å². The third-order valence-electron chi connectivity index (χ3n) is 14.0. The first kappa shape index (κ1) is 32.7. The first-order chi connectivity index (χ1) is 19.5. The summed E-state index contributed by atoms with van der Waals surface area (Å²) in [5.41, 5.74) is 0.370. The Hall–Kier alpha value is -0.660. The van der Waals surface area contributed by atoms with Crippen LogP contribution >= 0.6 is 0 Å². The Labute approximate surface area is 266 Å². The highest BCUT2D eigenvalue weighted by Crippen LogP contribution is 2.67. The zero-order valence-corrected chi connectivity index (χ0v) is 28.8. The van der Waals surface area contributed by atoms with Gasteiger partial charge in [-0.1, -0.05) is 20.3 Å². The van der Waals surface area contributed by atoms with Gasteiger partial charge in [0.1, 0.15) is 12.1 Å². The summed E-state index contributed by atoms with van der Waals surface area (Å²) in [6.07, 6.45) is 17.6. The van der Waals surface area contributed by atoms with E-state index in [1.54, 1.807) is 13.8 Å². The van der Waals surface area contributed by atoms with Gasteiger partial charge < -0.3 is 30.9 Å².